The summed E-state index contributed by atoms with van der Waals surface area (Å²) in [5.41, 5.74) is -3.69. The van der Waals surface area contributed by atoms with Crippen LogP contribution < -0.4 is 5.32 Å². The third kappa shape index (κ3) is 2.77. The van der Waals surface area contributed by atoms with E-state index in [1.165, 1.54) is 0 Å². The molecule has 2 saturated carbocycles. The Morgan fingerprint density at radius 3 is 1.85 bits per heavy atom. The Hall–Kier alpha value is -1.44. The molecule has 0 heterocycles. The quantitative estimate of drug-likeness (QED) is 0.680. The molecule has 2 N–H and O–H groups in total. The Balaban J connectivity index is 1.98. The van der Waals surface area contributed by atoms with Crippen LogP contribution in [0.5, 0.6) is 0 Å². The molecule has 2 bridgehead atoms. The molecule has 4 atom stereocenters. The second kappa shape index (κ2) is 5.53. The summed E-state index contributed by atoms with van der Waals surface area (Å²) in [7, 11) is 0. The van der Waals surface area contributed by atoms with Crippen molar-refractivity contribution in [3.63, 3.8) is 0 Å². The number of rotatable bonds is 2. The van der Waals surface area contributed by atoms with E-state index < -0.39 is 41.0 Å². The van der Waals surface area contributed by atoms with Gasteiger partial charge in [-0.1, -0.05) is 20.8 Å². The lowest BCUT2D eigenvalue weighted by molar-refractivity contribution is -0.143. The predicted molar refractivity (Wildman–Crippen MR) is 84.5 cm³/mol. The maximum absolute atomic E-state index is 13.0. The second-order valence-corrected chi connectivity index (χ2v) is 8.19. The highest BCUT2D eigenvalue weighted by Crippen LogP contribution is 2.65. The number of aliphatic hydroxyl groups excluding tert-OH is 1. The van der Waals surface area contributed by atoms with Gasteiger partial charge in [0.2, 0.25) is 0 Å². The molecule has 2 aliphatic carbocycles. The van der Waals surface area contributed by atoms with E-state index in [0.717, 1.165) is 12.8 Å². The van der Waals surface area contributed by atoms with E-state index in [1.54, 1.807) is 0 Å². The van der Waals surface area contributed by atoms with Crippen LogP contribution in [0.2, 0.25) is 0 Å². The van der Waals surface area contributed by atoms with Crippen LogP contribution in [0.25, 0.3) is 0 Å². The van der Waals surface area contributed by atoms with Crippen LogP contribution >= 0.6 is 0 Å². The number of alkyl halides is 6. The SMILES string of the molecule is CC1(C)C2CCC1(C)C(O)C2Nc1cc(C(F)(F)F)cc(C(F)(F)F)c1. The third-order valence-electron chi connectivity index (χ3n) is 6.72. The summed E-state index contributed by atoms with van der Waals surface area (Å²) in [6.07, 6.45) is -9.09. The van der Waals surface area contributed by atoms with Crippen LogP contribution in [0.15, 0.2) is 18.2 Å². The van der Waals surface area contributed by atoms with Gasteiger partial charge in [-0.2, -0.15) is 26.3 Å². The van der Waals surface area contributed by atoms with Crippen molar-refractivity contribution < 1.29 is 31.4 Å². The number of fused-ring (bicyclic) bond motifs is 2. The van der Waals surface area contributed by atoms with Gasteiger partial charge >= 0.3 is 12.4 Å². The summed E-state index contributed by atoms with van der Waals surface area (Å²) in [4.78, 5) is 0. The Bertz CT molecular complexity index is 678. The number of benzene rings is 1. The molecule has 3 rings (SSSR count). The standard InChI is InChI=1S/C18H21F6NO/c1-15(2)12-4-5-16(15,3)14(26)13(12)25-11-7-9(17(19,20)21)6-10(8-11)18(22,23)24/h6-8,12-14,25-26H,4-5H2,1-3H3. The molecule has 2 aliphatic rings. The summed E-state index contributed by atoms with van der Waals surface area (Å²) < 4.78 is 78.1. The smallest absolute Gasteiger partial charge is 0.390 e. The highest BCUT2D eigenvalue weighted by atomic mass is 19.4. The van der Waals surface area contributed by atoms with Crippen LogP contribution in [0.3, 0.4) is 0 Å². The summed E-state index contributed by atoms with van der Waals surface area (Å²) >= 11 is 0. The van der Waals surface area contributed by atoms with Crippen molar-refractivity contribution in [1.29, 1.82) is 0 Å². The van der Waals surface area contributed by atoms with Crippen molar-refractivity contribution >= 4 is 5.69 Å². The maximum atomic E-state index is 13.0. The molecule has 0 saturated heterocycles. The van der Waals surface area contributed by atoms with E-state index in [2.05, 4.69) is 5.32 Å². The minimum atomic E-state index is -4.89. The first kappa shape index (κ1) is 19.3. The van der Waals surface area contributed by atoms with Crippen molar-refractivity contribution in [2.45, 2.75) is 58.1 Å². The third-order valence-corrected chi connectivity index (χ3v) is 6.72. The molecular weight excluding hydrogens is 360 g/mol. The molecule has 1 aromatic carbocycles. The molecule has 4 unspecified atom stereocenters. The highest BCUT2D eigenvalue weighted by molar-refractivity contribution is 5.52. The Kier molecular flexibility index (Phi) is 4.11. The monoisotopic (exact) mass is 381 g/mol. The number of hydrogen-bond donors (Lipinski definition) is 2. The molecular formula is C18H21F6NO. The van der Waals surface area contributed by atoms with E-state index in [9.17, 15) is 31.4 Å². The zero-order valence-electron chi connectivity index (χ0n) is 14.6. The number of hydrogen-bond acceptors (Lipinski definition) is 2. The average molecular weight is 381 g/mol. The van der Waals surface area contributed by atoms with Gasteiger partial charge in [-0.15, -0.1) is 0 Å². The molecule has 1 aromatic rings. The second-order valence-electron chi connectivity index (χ2n) is 8.19. The van der Waals surface area contributed by atoms with Crippen molar-refractivity contribution in [1.82, 2.24) is 0 Å². The van der Waals surface area contributed by atoms with Gasteiger partial charge in [-0.25, -0.2) is 0 Å². The molecule has 2 nitrogen and oxygen atoms in total. The minimum absolute atomic E-state index is 0.0358. The lowest BCUT2D eigenvalue weighted by Crippen LogP contribution is -2.43. The van der Waals surface area contributed by atoms with Gasteiger partial charge in [-0.3, -0.25) is 0 Å². The lowest BCUT2D eigenvalue weighted by Gasteiger charge is -2.37. The van der Waals surface area contributed by atoms with Crippen molar-refractivity contribution in [3.8, 4) is 0 Å². The number of anilines is 1. The predicted octanol–water partition coefficient (Wildman–Crippen LogP) is 5.32. The van der Waals surface area contributed by atoms with Crippen LogP contribution in [-0.2, 0) is 12.4 Å². The van der Waals surface area contributed by atoms with Crippen LogP contribution in [0.4, 0.5) is 32.0 Å². The normalized spacial score (nSPS) is 33.5. The number of halogens is 6. The van der Waals surface area contributed by atoms with Crippen molar-refractivity contribution in [3.05, 3.63) is 29.3 Å². The largest absolute Gasteiger partial charge is 0.416 e. The first-order chi connectivity index (χ1) is 11.7. The van der Waals surface area contributed by atoms with E-state index in [0.29, 0.717) is 12.1 Å². The Morgan fingerprint density at radius 2 is 1.46 bits per heavy atom. The molecule has 0 aromatic heterocycles. The molecule has 0 radical (unpaired) electrons. The summed E-state index contributed by atoms with van der Waals surface area (Å²) in [5.74, 6) is -0.0358. The highest BCUT2D eigenvalue weighted by Gasteiger charge is 2.66. The summed E-state index contributed by atoms with van der Waals surface area (Å²) in [6.45, 7) is 5.90. The zero-order valence-corrected chi connectivity index (χ0v) is 14.6. The van der Waals surface area contributed by atoms with E-state index in [4.69, 9.17) is 0 Å². The molecule has 0 amide bonds. The Morgan fingerprint density at radius 1 is 0.962 bits per heavy atom. The number of nitrogens with one attached hydrogen (secondary N) is 1. The maximum Gasteiger partial charge on any atom is 0.416 e. The fourth-order valence-corrected chi connectivity index (χ4v) is 4.75. The molecule has 8 heteroatoms. The van der Waals surface area contributed by atoms with E-state index >= 15 is 0 Å². The van der Waals surface area contributed by atoms with Gasteiger partial charge < -0.3 is 10.4 Å². The van der Waals surface area contributed by atoms with Crippen LogP contribution in [0.1, 0.15) is 44.7 Å². The average Bonchev–Trinajstić information content (AvgIpc) is 2.79. The fraction of sp³-hybridized carbons (Fsp3) is 0.667. The van der Waals surface area contributed by atoms with Gasteiger partial charge in [0.05, 0.1) is 23.3 Å². The van der Waals surface area contributed by atoms with Crippen LogP contribution in [-0.4, -0.2) is 17.3 Å². The van der Waals surface area contributed by atoms with Crippen LogP contribution in [0, 0.1) is 16.7 Å². The molecule has 146 valence electrons. The van der Waals surface area contributed by atoms with Gasteiger partial charge in [-0.05, 0) is 42.4 Å². The molecule has 0 aliphatic heterocycles. The Labute approximate surface area is 147 Å². The van der Waals surface area contributed by atoms with Gasteiger partial charge in [0.25, 0.3) is 0 Å². The van der Waals surface area contributed by atoms with Gasteiger partial charge in [0.1, 0.15) is 0 Å². The van der Waals surface area contributed by atoms with Gasteiger partial charge in [0, 0.05) is 11.1 Å². The molecule has 0 spiro atoms. The first-order valence-corrected chi connectivity index (χ1v) is 8.42. The van der Waals surface area contributed by atoms with E-state index in [-0.39, 0.29) is 23.1 Å². The summed E-state index contributed by atoms with van der Waals surface area (Å²) in [5, 5.41) is 13.5. The lowest BCUT2D eigenvalue weighted by atomic mass is 9.70. The zero-order chi connectivity index (χ0) is 19.7. The summed E-state index contributed by atoms with van der Waals surface area (Å²) in [6, 6.07) is 0.855. The fourth-order valence-electron chi connectivity index (χ4n) is 4.75. The van der Waals surface area contributed by atoms with Crippen molar-refractivity contribution in [2.75, 3.05) is 5.32 Å². The molecule has 2 fully saturated rings. The first-order valence-electron chi connectivity index (χ1n) is 8.42. The topological polar surface area (TPSA) is 32.3 Å². The molecule has 26 heavy (non-hydrogen) atoms. The van der Waals surface area contributed by atoms with Gasteiger partial charge in [0.15, 0.2) is 0 Å². The van der Waals surface area contributed by atoms with E-state index in [1.807, 2.05) is 20.8 Å². The van der Waals surface area contributed by atoms with Crippen molar-refractivity contribution in [2.24, 2.45) is 16.7 Å². The number of aliphatic hydroxyl groups is 1. The minimum Gasteiger partial charge on any atom is -0.390 e.